The van der Waals surface area contributed by atoms with Gasteiger partial charge in [-0.3, -0.25) is 0 Å². The molecule has 1 fully saturated rings. The van der Waals surface area contributed by atoms with Crippen LogP contribution in [-0.4, -0.2) is 46.1 Å². The molecule has 1 saturated heterocycles. The fourth-order valence-electron chi connectivity index (χ4n) is 2.35. The van der Waals surface area contributed by atoms with Gasteiger partial charge in [-0.2, -0.15) is 4.31 Å². The van der Waals surface area contributed by atoms with Crippen LogP contribution in [0, 0.1) is 0 Å². The van der Waals surface area contributed by atoms with E-state index in [1.807, 2.05) is 0 Å². The molecule has 0 radical (unpaired) electrons. The van der Waals surface area contributed by atoms with E-state index in [4.69, 9.17) is 5.73 Å². The average Bonchev–Trinajstić information content (AvgIpc) is 2.52. The Kier molecular flexibility index (Phi) is 3.59. The summed E-state index contributed by atoms with van der Waals surface area (Å²) in [6.45, 7) is 2.42. The van der Waals surface area contributed by atoms with Crippen molar-refractivity contribution in [2.45, 2.75) is 36.8 Å². The van der Waals surface area contributed by atoms with Gasteiger partial charge in [-0.25, -0.2) is 13.4 Å². The number of nitrogens with two attached hydrogens (primary N) is 1. The molecule has 2 heterocycles. The summed E-state index contributed by atoms with van der Waals surface area (Å²) in [5.74, 6) is 0.0125. The molecule has 1 aromatic rings. The Labute approximate surface area is 113 Å². The predicted molar refractivity (Wildman–Crippen MR) is 70.9 cm³/mol. The quantitative estimate of drug-likeness (QED) is 0.793. The van der Waals surface area contributed by atoms with Crippen molar-refractivity contribution in [2.75, 3.05) is 18.8 Å². The van der Waals surface area contributed by atoms with Crippen LogP contribution >= 0.6 is 0 Å². The summed E-state index contributed by atoms with van der Waals surface area (Å²) in [6, 6.07) is 0. The lowest BCUT2D eigenvalue weighted by molar-refractivity contribution is 0.0465. The lowest BCUT2D eigenvalue weighted by Gasteiger charge is -2.22. The van der Waals surface area contributed by atoms with Crippen molar-refractivity contribution in [3.63, 3.8) is 0 Å². The highest BCUT2D eigenvalue weighted by Gasteiger charge is 2.34. The van der Waals surface area contributed by atoms with Gasteiger partial charge in [-0.1, -0.05) is 0 Å². The molecule has 0 aliphatic carbocycles. The second-order valence-electron chi connectivity index (χ2n) is 5.30. The van der Waals surface area contributed by atoms with Gasteiger partial charge < -0.3 is 15.4 Å². The van der Waals surface area contributed by atoms with Gasteiger partial charge in [-0.05, 0) is 26.2 Å². The highest BCUT2D eigenvalue weighted by atomic mass is 32.2. The fraction of sp³-hybridized carbons (Fsp3) is 0.727. The molecule has 8 heteroatoms. The number of sulfonamides is 1. The Morgan fingerprint density at radius 3 is 2.68 bits per heavy atom. The molecule has 1 aliphatic rings. The van der Waals surface area contributed by atoms with Gasteiger partial charge in [0.15, 0.2) is 10.8 Å². The molecule has 2 rings (SSSR count). The lowest BCUT2D eigenvalue weighted by Crippen LogP contribution is -2.34. The highest BCUT2D eigenvalue weighted by molar-refractivity contribution is 7.89. The maximum absolute atomic E-state index is 12.6. The van der Waals surface area contributed by atoms with Crippen LogP contribution < -0.4 is 5.73 Å². The van der Waals surface area contributed by atoms with E-state index in [1.165, 1.54) is 15.2 Å². The minimum Gasteiger partial charge on any atom is -0.390 e. The number of imidazole rings is 1. The Morgan fingerprint density at radius 2 is 2.11 bits per heavy atom. The minimum atomic E-state index is -3.66. The van der Waals surface area contributed by atoms with E-state index in [0.29, 0.717) is 32.4 Å². The molecule has 0 amide bonds. The van der Waals surface area contributed by atoms with Gasteiger partial charge in [0.1, 0.15) is 0 Å². The SMILES string of the molecule is Cn1cnc(N)c1S(=O)(=O)N1CCCC(C)(O)CC1. The van der Waals surface area contributed by atoms with Crippen molar-refractivity contribution in [3.8, 4) is 0 Å². The summed E-state index contributed by atoms with van der Waals surface area (Å²) in [7, 11) is -2.05. The minimum absolute atomic E-state index is 0.0125. The standard InChI is InChI=1S/C11H20N4O3S/c1-11(16)4-3-6-15(7-5-11)19(17,18)10-9(12)13-8-14(10)2/h8,16H,3-7,12H2,1-2H3. The van der Waals surface area contributed by atoms with Gasteiger partial charge in [0.25, 0.3) is 10.0 Å². The Bertz CT molecular complexity index is 545. The molecule has 108 valence electrons. The summed E-state index contributed by atoms with van der Waals surface area (Å²) in [6.07, 6.45) is 3.03. The zero-order chi connectivity index (χ0) is 14.3. The van der Waals surface area contributed by atoms with Crippen LogP contribution in [-0.2, 0) is 17.1 Å². The van der Waals surface area contributed by atoms with Gasteiger partial charge in [0, 0.05) is 20.1 Å². The van der Waals surface area contributed by atoms with E-state index in [9.17, 15) is 13.5 Å². The lowest BCUT2D eigenvalue weighted by atomic mass is 9.98. The molecule has 0 spiro atoms. The number of hydrogen-bond donors (Lipinski definition) is 2. The highest BCUT2D eigenvalue weighted by Crippen LogP contribution is 2.27. The van der Waals surface area contributed by atoms with Crippen molar-refractivity contribution >= 4 is 15.8 Å². The summed E-state index contributed by atoms with van der Waals surface area (Å²) in [5.41, 5.74) is 4.84. The molecular weight excluding hydrogens is 268 g/mol. The third-order valence-corrected chi connectivity index (χ3v) is 5.55. The first-order valence-electron chi connectivity index (χ1n) is 6.23. The summed E-state index contributed by atoms with van der Waals surface area (Å²) >= 11 is 0. The number of anilines is 1. The maximum Gasteiger partial charge on any atom is 0.262 e. The van der Waals surface area contributed by atoms with Crippen molar-refractivity contribution in [1.82, 2.24) is 13.9 Å². The molecule has 3 N–H and O–H groups in total. The second-order valence-corrected chi connectivity index (χ2v) is 7.15. The number of nitrogens with zero attached hydrogens (tertiary/aromatic N) is 3. The number of rotatable bonds is 2. The molecule has 19 heavy (non-hydrogen) atoms. The normalized spacial score (nSPS) is 26.3. The van der Waals surface area contributed by atoms with E-state index in [1.54, 1.807) is 14.0 Å². The number of hydrogen-bond acceptors (Lipinski definition) is 5. The first kappa shape index (κ1) is 14.3. The number of aryl methyl sites for hydroxylation is 1. The van der Waals surface area contributed by atoms with E-state index in [2.05, 4.69) is 4.98 Å². The topological polar surface area (TPSA) is 101 Å². The predicted octanol–water partition coefficient (Wildman–Crippen LogP) is -0.0721. The average molecular weight is 288 g/mol. The van der Waals surface area contributed by atoms with Crippen molar-refractivity contribution in [2.24, 2.45) is 7.05 Å². The molecular formula is C11H20N4O3S. The third kappa shape index (κ3) is 2.75. The maximum atomic E-state index is 12.6. The van der Waals surface area contributed by atoms with Crippen molar-refractivity contribution in [1.29, 1.82) is 0 Å². The molecule has 1 aliphatic heterocycles. The smallest absolute Gasteiger partial charge is 0.262 e. The van der Waals surface area contributed by atoms with E-state index >= 15 is 0 Å². The zero-order valence-corrected chi connectivity index (χ0v) is 12.0. The number of nitrogen functional groups attached to an aromatic ring is 1. The van der Waals surface area contributed by atoms with E-state index in [0.717, 1.165) is 0 Å². The molecule has 1 atom stereocenters. The second kappa shape index (κ2) is 4.77. The van der Waals surface area contributed by atoms with E-state index in [-0.39, 0.29) is 10.8 Å². The first-order chi connectivity index (χ1) is 8.74. The van der Waals surface area contributed by atoms with Crippen molar-refractivity contribution in [3.05, 3.63) is 6.33 Å². The van der Waals surface area contributed by atoms with Crippen molar-refractivity contribution < 1.29 is 13.5 Å². The number of aliphatic hydroxyl groups is 1. The monoisotopic (exact) mass is 288 g/mol. The van der Waals surface area contributed by atoms with Gasteiger partial charge in [0.05, 0.1) is 11.9 Å². The van der Waals surface area contributed by atoms with Crippen LogP contribution in [0.1, 0.15) is 26.2 Å². The van der Waals surface area contributed by atoms with Gasteiger partial charge >= 0.3 is 0 Å². The summed E-state index contributed by atoms with van der Waals surface area (Å²) in [4.78, 5) is 3.81. The van der Waals surface area contributed by atoms with Crippen LogP contribution in [0.3, 0.4) is 0 Å². The Morgan fingerprint density at radius 1 is 1.42 bits per heavy atom. The zero-order valence-electron chi connectivity index (χ0n) is 11.2. The molecule has 0 bridgehead atoms. The number of aromatic nitrogens is 2. The van der Waals surface area contributed by atoms with Crippen LogP contribution in [0.15, 0.2) is 11.4 Å². The van der Waals surface area contributed by atoms with Crippen LogP contribution in [0.2, 0.25) is 0 Å². The molecule has 0 aromatic carbocycles. The molecule has 1 unspecified atom stereocenters. The van der Waals surface area contributed by atoms with Crippen LogP contribution in [0.25, 0.3) is 0 Å². The van der Waals surface area contributed by atoms with E-state index < -0.39 is 15.6 Å². The Balaban J connectivity index is 2.31. The first-order valence-corrected chi connectivity index (χ1v) is 7.67. The summed E-state index contributed by atoms with van der Waals surface area (Å²) < 4.78 is 27.9. The van der Waals surface area contributed by atoms with Crippen LogP contribution in [0.4, 0.5) is 5.82 Å². The van der Waals surface area contributed by atoms with Crippen LogP contribution in [0.5, 0.6) is 0 Å². The molecule has 1 aromatic heterocycles. The largest absolute Gasteiger partial charge is 0.390 e. The Hall–Kier alpha value is -1.12. The molecule has 7 nitrogen and oxygen atoms in total. The summed E-state index contributed by atoms with van der Waals surface area (Å²) in [5, 5.41) is 10.0. The third-order valence-electron chi connectivity index (χ3n) is 3.52. The fourth-order valence-corrected chi connectivity index (χ4v) is 4.03. The van der Waals surface area contributed by atoms with Gasteiger partial charge in [-0.15, -0.1) is 0 Å². The molecule has 0 saturated carbocycles. The van der Waals surface area contributed by atoms with Gasteiger partial charge in [0.2, 0.25) is 0 Å².